The molecule has 0 aliphatic carbocycles. The van der Waals surface area contributed by atoms with Gasteiger partial charge in [-0.1, -0.05) is 60.7 Å². The third kappa shape index (κ3) is 4.84. The molecule has 0 bridgehead atoms. The van der Waals surface area contributed by atoms with Gasteiger partial charge in [-0.25, -0.2) is 0 Å². The molecule has 7 nitrogen and oxygen atoms in total. The molecule has 0 aliphatic heterocycles. The summed E-state index contributed by atoms with van der Waals surface area (Å²) in [5.41, 5.74) is 7.64. The van der Waals surface area contributed by atoms with E-state index in [9.17, 15) is 20.0 Å². The van der Waals surface area contributed by atoms with Crippen molar-refractivity contribution in [2.75, 3.05) is 0 Å². The largest absolute Gasteiger partial charge is 0.451 e. The molecule has 148 valence electrons. The minimum atomic E-state index is -1.37. The Bertz CT molecular complexity index is 922. The van der Waals surface area contributed by atoms with Crippen LogP contribution in [-0.2, 0) is 9.53 Å². The van der Waals surface area contributed by atoms with E-state index in [1.54, 1.807) is 0 Å². The number of rotatable bonds is 7. The van der Waals surface area contributed by atoms with Crippen LogP contribution in [0.2, 0.25) is 0 Å². The summed E-state index contributed by atoms with van der Waals surface area (Å²) in [6.07, 6.45) is -2.05. The van der Waals surface area contributed by atoms with Crippen molar-refractivity contribution in [1.29, 1.82) is 0 Å². The Hall–Kier alpha value is -3.55. The summed E-state index contributed by atoms with van der Waals surface area (Å²) in [5, 5.41) is 21.2. The number of hydrogen-bond donors (Lipinski definition) is 2. The lowest BCUT2D eigenvalue weighted by molar-refractivity contribution is -0.384. The average molecular weight is 392 g/mol. The van der Waals surface area contributed by atoms with Crippen molar-refractivity contribution in [3.05, 3.63) is 112 Å². The fraction of sp³-hybridized carbons (Fsp3) is 0.136. The van der Waals surface area contributed by atoms with Crippen LogP contribution in [0.15, 0.2) is 84.9 Å². The van der Waals surface area contributed by atoms with Crippen LogP contribution < -0.4 is 5.73 Å². The number of carbonyl (C=O) groups excluding carboxylic acids is 1. The average Bonchev–Trinajstić information content (AvgIpc) is 2.77. The van der Waals surface area contributed by atoms with Crippen LogP contribution in [0.1, 0.15) is 28.9 Å². The van der Waals surface area contributed by atoms with E-state index in [1.807, 2.05) is 60.7 Å². The van der Waals surface area contributed by atoms with Crippen molar-refractivity contribution in [3.8, 4) is 0 Å². The molecule has 0 amide bonds. The molecule has 3 aromatic rings. The highest BCUT2D eigenvalue weighted by Gasteiger charge is 2.29. The van der Waals surface area contributed by atoms with Gasteiger partial charge in [-0.15, -0.1) is 0 Å². The molecule has 3 aromatic carbocycles. The van der Waals surface area contributed by atoms with Gasteiger partial charge in [0.15, 0.2) is 6.10 Å². The number of nitrogens with two attached hydrogens (primary N) is 1. The fourth-order valence-corrected chi connectivity index (χ4v) is 2.91. The summed E-state index contributed by atoms with van der Waals surface area (Å²) >= 11 is 0. The van der Waals surface area contributed by atoms with Crippen LogP contribution in [0, 0.1) is 10.1 Å². The van der Waals surface area contributed by atoms with E-state index in [1.165, 1.54) is 24.3 Å². The Morgan fingerprint density at radius 3 is 1.79 bits per heavy atom. The first-order valence-electron chi connectivity index (χ1n) is 8.96. The number of esters is 1. The van der Waals surface area contributed by atoms with Crippen LogP contribution in [0.5, 0.6) is 0 Å². The van der Waals surface area contributed by atoms with Gasteiger partial charge < -0.3 is 15.6 Å². The van der Waals surface area contributed by atoms with E-state index in [-0.39, 0.29) is 11.3 Å². The highest BCUT2D eigenvalue weighted by Crippen LogP contribution is 2.28. The quantitative estimate of drug-likeness (QED) is 0.362. The molecule has 0 saturated carbocycles. The van der Waals surface area contributed by atoms with Gasteiger partial charge in [-0.05, 0) is 28.8 Å². The lowest BCUT2D eigenvalue weighted by Gasteiger charge is -2.23. The molecule has 0 heterocycles. The number of carbonyl (C=O) groups is 1. The van der Waals surface area contributed by atoms with Gasteiger partial charge in [0.25, 0.3) is 5.69 Å². The van der Waals surface area contributed by atoms with Gasteiger partial charge in [0.05, 0.1) is 4.92 Å². The zero-order valence-electron chi connectivity index (χ0n) is 15.4. The van der Waals surface area contributed by atoms with E-state index in [2.05, 4.69) is 0 Å². The maximum absolute atomic E-state index is 12.7. The van der Waals surface area contributed by atoms with Crippen molar-refractivity contribution >= 4 is 11.7 Å². The lowest BCUT2D eigenvalue weighted by atomic mass is 10.0. The normalized spacial score (nSPS) is 12.9. The van der Waals surface area contributed by atoms with Gasteiger partial charge in [0, 0.05) is 12.1 Å². The van der Waals surface area contributed by atoms with Crippen molar-refractivity contribution in [3.63, 3.8) is 0 Å². The van der Waals surface area contributed by atoms with Crippen molar-refractivity contribution in [2.24, 2.45) is 5.73 Å². The predicted molar refractivity (Wildman–Crippen MR) is 107 cm³/mol. The van der Waals surface area contributed by atoms with Crippen molar-refractivity contribution in [2.45, 2.75) is 18.2 Å². The first kappa shape index (κ1) is 20.2. The Kier molecular flexibility index (Phi) is 6.33. The molecule has 0 aliphatic rings. The molecule has 0 spiro atoms. The van der Waals surface area contributed by atoms with Crippen LogP contribution in [0.25, 0.3) is 0 Å². The minimum absolute atomic E-state index is 0.120. The molecule has 0 aromatic heterocycles. The summed E-state index contributed by atoms with van der Waals surface area (Å²) in [5.74, 6) is -0.784. The van der Waals surface area contributed by atoms with Gasteiger partial charge in [-0.2, -0.15) is 0 Å². The second kappa shape index (κ2) is 9.09. The minimum Gasteiger partial charge on any atom is -0.451 e. The number of hydrogen-bond acceptors (Lipinski definition) is 6. The summed E-state index contributed by atoms with van der Waals surface area (Å²) in [6, 6.07) is 22.3. The van der Waals surface area contributed by atoms with E-state index in [0.29, 0.717) is 0 Å². The molecule has 7 heteroatoms. The number of nitro groups is 1. The SMILES string of the molecule is N[C@H](C(=O)OC(c1ccccc1)c1ccccc1)[C@H](O)c1ccc([N+](=O)[O-])cc1. The number of non-ortho nitro benzene ring substituents is 1. The van der Waals surface area contributed by atoms with E-state index < -0.39 is 29.1 Å². The zero-order chi connectivity index (χ0) is 20.8. The third-order valence-corrected chi connectivity index (χ3v) is 4.50. The number of aliphatic hydroxyl groups excluding tert-OH is 1. The summed E-state index contributed by atoms with van der Waals surface area (Å²) in [4.78, 5) is 22.9. The zero-order valence-corrected chi connectivity index (χ0v) is 15.4. The first-order valence-corrected chi connectivity index (χ1v) is 8.96. The third-order valence-electron chi connectivity index (χ3n) is 4.50. The highest BCUT2D eigenvalue weighted by atomic mass is 16.6. The predicted octanol–water partition coefficient (Wildman–Crippen LogP) is 3.29. The van der Waals surface area contributed by atoms with Crippen LogP contribution in [-0.4, -0.2) is 22.0 Å². The number of benzene rings is 3. The summed E-state index contributed by atoms with van der Waals surface area (Å²) in [7, 11) is 0. The van der Waals surface area contributed by atoms with Crippen molar-refractivity contribution in [1.82, 2.24) is 0 Å². The fourth-order valence-electron chi connectivity index (χ4n) is 2.91. The second-order valence-electron chi connectivity index (χ2n) is 6.46. The lowest BCUT2D eigenvalue weighted by Crippen LogP contribution is -2.39. The smallest absolute Gasteiger partial charge is 0.326 e. The molecule has 3 N–H and O–H groups in total. The topological polar surface area (TPSA) is 116 Å². The molecular weight excluding hydrogens is 372 g/mol. The Morgan fingerprint density at radius 2 is 1.34 bits per heavy atom. The Morgan fingerprint density at radius 1 is 0.862 bits per heavy atom. The molecule has 2 atom stereocenters. The monoisotopic (exact) mass is 392 g/mol. The van der Waals surface area contributed by atoms with Crippen LogP contribution in [0.4, 0.5) is 5.69 Å². The van der Waals surface area contributed by atoms with E-state index in [4.69, 9.17) is 10.5 Å². The number of nitro benzene ring substituents is 1. The number of aliphatic hydroxyl groups is 1. The molecule has 0 unspecified atom stereocenters. The standard InChI is InChI=1S/C22H20N2O5/c23-19(20(25)15-11-13-18(14-12-15)24(27)28)22(26)29-21(16-7-3-1-4-8-16)17-9-5-2-6-10-17/h1-14,19-21,25H,23H2/t19-,20+/m0/s1. The Balaban J connectivity index is 1.79. The number of ether oxygens (including phenoxy) is 1. The molecule has 0 radical (unpaired) electrons. The molecule has 3 rings (SSSR count). The molecular formula is C22H20N2O5. The first-order chi connectivity index (χ1) is 14.0. The maximum Gasteiger partial charge on any atom is 0.326 e. The molecule has 0 fully saturated rings. The second-order valence-corrected chi connectivity index (χ2v) is 6.46. The molecule has 29 heavy (non-hydrogen) atoms. The highest BCUT2D eigenvalue weighted by molar-refractivity contribution is 5.77. The summed E-state index contributed by atoms with van der Waals surface area (Å²) in [6.45, 7) is 0. The molecule has 0 saturated heterocycles. The van der Waals surface area contributed by atoms with Gasteiger partial charge in [-0.3, -0.25) is 14.9 Å². The van der Waals surface area contributed by atoms with Gasteiger partial charge in [0.1, 0.15) is 12.1 Å². The number of nitrogens with zero attached hydrogens (tertiary/aromatic N) is 1. The van der Waals surface area contributed by atoms with Gasteiger partial charge in [0.2, 0.25) is 0 Å². The van der Waals surface area contributed by atoms with E-state index in [0.717, 1.165) is 11.1 Å². The van der Waals surface area contributed by atoms with E-state index >= 15 is 0 Å². The van der Waals surface area contributed by atoms with Crippen LogP contribution in [0.3, 0.4) is 0 Å². The summed E-state index contributed by atoms with van der Waals surface area (Å²) < 4.78 is 5.66. The maximum atomic E-state index is 12.7. The van der Waals surface area contributed by atoms with Crippen molar-refractivity contribution < 1.29 is 19.6 Å². The van der Waals surface area contributed by atoms with Crippen LogP contribution >= 0.6 is 0 Å². The van der Waals surface area contributed by atoms with Gasteiger partial charge >= 0.3 is 5.97 Å². The Labute approximate surface area is 167 Å².